The lowest BCUT2D eigenvalue weighted by atomic mass is 10.1. The van der Waals surface area contributed by atoms with Crippen molar-refractivity contribution in [1.82, 2.24) is 15.5 Å². The number of hydrogen-bond acceptors (Lipinski definition) is 6. The van der Waals surface area contributed by atoms with Gasteiger partial charge < -0.3 is 19.3 Å². The maximum atomic E-state index is 12.7. The molecule has 0 fully saturated rings. The van der Waals surface area contributed by atoms with Gasteiger partial charge in [0.25, 0.3) is 5.91 Å². The lowest BCUT2D eigenvalue weighted by molar-refractivity contribution is -0.128. The van der Waals surface area contributed by atoms with E-state index in [2.05, 4.69) is 15.5 Å². The largest absolute Gasteiger partial charge is 0.497 e. The molecule has 4 aromatic rings. The first-order valence-corrected chi connectivity index (χ1v) is 10.1. The fourth-order valence-corrected chi connectivity index (χ4v) is 3.26. The number of ether oxygens (including phenoxy) is 2. The van der Waals surface area contributed by atoms with Gasteiger partial charge >= 0.3 is 0 Å². The van der Waals surface area contributed by atoms with Gasteiger partial charge in [-0.15, -0.1) is 0 Å². The van der Waals surface area contributed by atoms with Crippen LogP contribution >= 0.6 is 0 Å². The molecule has 0 aliphatic heterocycles. The minimum Gasteiger partial charge on any atom is -0.497 e. The Morgan fingerprint density at radius 1 is 1.10 bits per heavy atom. The first-order chi connectivity index (χ1) is 15.2. The predicted molar refractivity (Wildman–Crippen MR) is 117 cm³/mol. The summed E-state index contributed by atoms with van der Waals surface area (Å²) < 4.78 is 16.5. The van der Waals surface area contributed by atoms with Gasteiger partial charge in [-0.3, -0.25) is 4.79 Å². The number of amides is 1. The molecular weight excluding hydrogens is 394 g/mol. The van der Waals surface area contributed by atoms with Crippen molar-refractivity contribution in [3.63, 3.8) is 0 Å². The number of benzene rings is 3. The summed E-state index contributed by atoms with van der Waals surface area (Å²) in [6.45, 7) is 2.02. The number of hydrogen-bond donors (Lipinski definition) is 1. The molecule has 7 nitrogen and oxygen atoms in total. The minimum absolute atomic E-state index is 0.116. The number of methoxy groups -OCH3 is 1. The summed E-state index contributed by atoms with van der Waals surface area (Å²) in [6.07, 6.45) is -0.111. The monoisotopic (exact) mass is 417 g/mol. The van der Waals surface area contributed by atoms with E-state index in [-0.39, 0.29) is 12.5 Å². The number of nitrogens with one attached hydrogen (secondary N) is 1. The van der Waals surface area contributed by atoms with Crippen LogP contribution in [0.5, 0.6) is 11.5 Å². The van der Waals surface area contributed by atoms with E-state index in [0.29, 0.717) is 29.6 Å². The van der Waals surface area contributed by atoms with Crippen molar-refractivity contribution in [2.45, 2.75) is 26.0 Å². The lowest BCUT2D eigenvalue weighted by Crippen LogP contribution is -2.37. The molecule has 7 heteroatoms. The Morgan fingerprint density at radius 2 is 1.90 bits per heavy atom. The Balaban J connectivity index is 1.41. The van der Waals surface area contributed by atoms with Gasteiger partial charge in [0.2, 0.25) is 11.7 Å². The molecule has 0 aliphatic carbocycles. The van der Waals surface area contributed by atoms with Gasteiger partial charge in [0.1, 0.15) is 11.5 Å². The van der Waals surface area contributed by atoms with Crippen LogP contribution in [0.4, 0.5) is 0 Å². The van der Waals surface area contributed by atoms with Crippen LogP contribution in [0, 0.1) is 0 Å². The maximum absolute atomic E-state index is 12.7. The molecule has 0 aliphatic rings. The van der Waals surface area contributed by atoms with Crippen LogP contribution < -0.4 is 14.8 Å². The third kappa shape index (κ3) is 4.66. The van der Waals surface area contributed by atoms with Gasteiger partial charge in [0, 0.05) is 10.9 Å². The number of carbonyl (C=O) groups excluding carboxylic acids is 1. The van der Waals surface area contributed by atoms with Crippen molar-refractivity contribution < 1.29 is 18.8 Å². The van der Waals surface area contributed by atoms with E-state index in [1.165, 1.54) is 0 Å². The highest BCUT2D eigenvalue weighted by atomic mass is 16.5. The van der Waals surface area contributed by atoms with Crippen LogP contribution in [0.1, 0.15) is 19.2 Å². The normalized spacial score (nSPS) is 11.8. The standard InChI is InChI=1S/C24H23N3O4/c1-3-20(30-21-13-7-9-16-8-4-5-12-19(16)21)24(28)25-15-22-26-23(27-31-22)17-10-6-11-18(14-17)29-2/h4-14,20H,3,15H2,1-2H3,(H,25,28)/t20-/m0/s1. The molecule has 158 valence electrons. The molecule has 0 radical (unpaired) electrons. The Morgan fingerprint density at radius 3 is 2.74 bits per heavy atom. The highest BCUT2D eigenvalue weighted by Gasteiger charge is 2.20. The summed E-state index contributed by atoms with van der Waals surface area (Å²) in [5.74, 6) is 1.89. The van der Waals surface area contributed by atoms with E-state index in [1.54, 1.807) is 7.11 Å². The summed E-state index contributed by atoms with van der Waals surface area (Å²) in [5.41, 5.74) is 0.770. The lowest BCUT2D eigenvalue weighted by Gasteiger charge is -2.18. The van der Waals surface area contributed by atoms with E-state index in [1.807, 2.05) is 73.7 Å². The van der Waals surface area contributed by atoms with Crippen LogP contribution in [0.15, 0.2) is 71.3 Å². The van der Waals surface area contributed by atoms with Crippen molar-refractivity contribution in [2.75, 3.05) is 7.11 Å². The Hall–Kier alpha value is -3.87. The molecule has 4 rings (SSSR count). The molecule has 1 aromatic heterocycles. The predicted octanol–water partition coefficient (Wildman–Crippen LogP) is 4.37. The third-order valence-electron chi connectivity index (χ3n) is 4.89. The van der Waals surface area contributed by atoms with Gasteiger partial charge in [-0.2, -0.15) is 4.98 Å². The smallest absolute Gasteiger partial charge is 0.261 e. The topological polar surface area (TPSA) is 86.5 Å². The Kier molecular flexibility index (Phi) is 6.12. The van der Waals surface area contributed by atoms with Gasteiger partial charge in [0.05, 0.1) is 13.7 Å². The van der Waals surface area contributed by atoms with Crippen molar-refractivity contribution in [2.24, 2.45) is 0 Å². The number of carbonyl (C=O) groups is 1. The molecule has 31 heavy (non-hydrogen) atoms. The minimum atomic E-state index is -0.633. The average molecular weight is 417 g/mol. The first-order valence-electron chi connectivity index (χ1n) is 10.1. The number of fused-ring (bicyclic) bond motifs is 1. The van der Waals surface area contributed by atoms with Gasteiger partial charge in [-0.05, 0) is 30.0 Å². The molecule has 0 bridgehead atoms. The molecule has 0 unspecified atom stereocenters. The number of rotatable bonds is 8. The summed E-state index contributed by atoms with van der Waals surface area (Å²) in [5, 5.41) is 8.83. The number of aromatic nitrogens is 2. The average Bonchev–Trinajstić information content (AvgIpc) is 3.30. The summed E-state index contributed by atoms with van der Waals surface area (Å²) in [7, 11) is 1.60. The molecule has 0 saturated heterocycles. The first kappa shape index (κ1) is 20.4. The van der Waals surface area contributed by atoms with Crippen molar-refractivity contribution in [1.29, 1.82) is 0 Å². The molecule has 3 aromatic carbocycles. The van der Waals surface area contributed by atoms with Gasteiger partial charge in [-0.25, -0.2) is 0 Å². The van der Waals surface area contributed by atoms with Crippen LogP contribution in [0.2, 0.25) is 0 Å². The molecule has 1 N–H and O–H groups in total. The van der Waals surface area contributed by atoms with Crippen molar-refractivity contribution in [3.8, 4) is 22.9 Å². The second-order valence-electron chi connectivity index (χ2n) is 6.95. The maximum Gasteiger partial charge on any atom is 0.261 e. The fraction of sp³-hybridized carbons (Fsp3) is 0.208. The van der Waals surface area contributed by atoms with E-state index < -0.39 is 6.10 Å². The van der Waals surface area contributed by atoms with Crippen LogP contribution in [0.3, 0.4) is 0 Å². The Bertz CT molecular complexity index is 1180. The SMILES string of the molecule is CC[C@H](Oc1cccc2ccccc12)C(=O)NCc1nc(-c2cccc(OC)c2)no1. The van der Waals surface area contributed by atoms with Gasteiger partial charge in [-0.1, -0.05) is 60.6 Å². The van der Waals surface area contributed by atoms with Gasteiger partial charge in [0.15, 0.2) is 6.10 Å². The summed E-state index contributed by atoms with van der Waals surface area (Å²) >= 11 is 0. The van der Waals surface area contributed by atoms with Crippen molar-refractivity contribution >= 4 is 16.7 Å². The zero-order chi connectivity index (χ0) is 21.6. The zero-order valence-electron chi connectivity index (χ0n) is 17.4. The molecule has 0 saturated carbocycles. The molecule has 0 spiro atoms. The zero-order valence-corrected chi connectivity index (χ0v) is 17.4. The quantitative estimate of drug-likeness (QED) is 0.458. The number of nitrogens with zero attached hydrogens (tertiary/aromatic N) is 2. The van der Waals surface area contributed by atoms with E-state index in [0.717, 1.165) is 16.3 Å². The highest BCUT2D eigenvalue weighted by molar-refractivity contribution is 5.89. The van der Waals surface area contributed by atoms with E-state index in [9.17, 15) is 4.79 Å². The summed E-state index contributed by atoms with van der Waals surface area (Å²) in [4.78, 5) is 17.1. The molecular formula is C24H23N3O4. The highest BCUT2D eigenvalue weighted by Crippen LogP contribution is 2.26. The molecule has 1 amide bonds. The van der Waals surface area contributed by atoms with Crippen LogP contribution in [-0.4, -0.2) is 29.3 Å². The molecule has 1 atom stereocenters. The van der Waals surface area contributed by atoms with E-state index >= 15 is 0 Å². The van der Waals surface area contributed by atoms with Crippen molar-refractivity contribution in [3.05, 3.63) is 72.6 Å². The van der Waals surface area contributed by atoms with Crippen LogP contribution in [0.25, 0.3) is 22.2 Å². The third-order valence-corrected chi connectivity index (χ3v) is 4.89. The fourth-order valence-electron chi connectivity index (χ4n) is 3.26. The Labute approximate surface area is 180 Å². The van der Waals surface area contributed by atoms with Crippen LogP contribution in [-0.2, 0) is 11.3 Å². The second kappa shape index (κ2) is 9.30. The summed E-state index contributed by atoms with van der Waals surface area (Å²) in [6, 6.07) is 21.1. The second-order valence-corrected chi connectivity index (χ2v) is 6.95. The molecule has 1 heterocycles. The van der Waals surface area contributed by atoms with E-state index in [4.69, 9.17) is 14.0 Å².